The van der Waals surface area contributed by atoms with E-state index in [2.05, 4.69) is 15.3 Å². The van der Waals surface area contributed by atoms with Crippen LogP contribution in [0, 0.1) is 0 Å². The van der Waals surface area contributed by atoms with Crippen molar-refractivity contribution in [2.45, 2.75) is 0 Å². The fraction of sp³-hybridized carbons (Fsp3) is 0.250. The van der Waals surface area contributed by atoms with Gasteiger partial charge in [0.15, 0.2) is 5.95 Å². The van der Waals surface area contributed by atoms with Gasteiger partial charge in [-0.25, -0.2) is 4.98 Å². The predicted molar refractivity (Wildman–Crippen MR) is 28.1 cm³/mol. The standard InChI is InChI=1S/C4H7N3/c1-5-4-6-2-3-7-4/h2-3H,1H3,(H2,5,6,7)/i1+1D2,4+1,5+1,6+1,7+1. The molecule has 1 aromatic heterocycles. The molecule has 1 heterocycles. The molecule has 0 spiro atoms. The molecule has 1 rings (SSSR count). The van der Waals surface area contributed by atoms with Crippen molar-refractivity contribution >= 4 is 5.95 Å². The molecule has 7 heavy (non-hydrogen) atoms. The maximum absolute atomic E-state index is 6.75. The van der Waals surface area contributed by atoms with Gasteiger partial charge in [0.2, 0.25) is 0 Å². The molecule has 38 valence electrons. The predicted octanol–water partition coefficient (Wildman–Crippen LogP) is 0.451. The summed E-state index contributed by atoms with van der Waals surface area (Å²) in [5.74, 6) is 0.463. The molecule has 2 N–H and O–H groups in total. The minimum absolute atomic E-state index is 0.463. The second kappa shape index (κ2) is 1.64. The maximum Gasteiger partial charge on any atom is 0.199 e. The van der Waals surface area contributed by atoms with Gasteiger partial charge in [-0.1, -0.05) is 0 Å². The third-order valence-corrected chi connectivity index (χ3v) is 0.635. The Labute approximate surface area is 44.6 Å². The zero-order chi connectivity index (χ0) is 6.69. The van der Waals surface area contributed by atoms with Crippen LogP contribution in [0.25, 0.3) is 0 Å². The lowest BCUT2D eigenvalue weighted by molar-refractivity contribution is 1.26. The molecule has 0 atom stereocenters. The second-order valence-electron chi connectivity index (χ2n) is 1.08. The van der Waals surface area contributed by atoms with Crippen molar-refractivity contribution in [1.29, 1.82) is 0 Å². The summed E-state index contributed by atoms with van der Waals surface area (Å²) in [4.78, 5) is 6.46. The van der Waals surface area contributed by atoms with E-state index in [1.807, 2.05) is 0 Å². The summed E-state index contributed by atoms with van der Waals surface area (Å²) < 4.78 is 13.5. The monoisotopic (exact) mass is 104 g/mol. The average molecular weight is 104 g/mol. The van der Waals surface area contributed by atoms with Crippen LogP contribution in [0.3, 0.4) is 0 Å². The van der Waals surface area contributed by atoms with Crippen molar-refractivity contribution in [3.63, 3.8) is 0 Å². The molecule has 3 nitrogen and oxygen atoms in total. The Morgan fingerprint density at radius 3 is 3.71 bits per heavy atom. The molecule has 3 heteroatoms. The number of nitrogens with one attached hydrogen (secondary N) is 2. The highest BCUT2D eigenvalue weighted by molar-refractivity contribution is 5.20. The van der Waals surface area contributed by atoms with Gasteiger partial charge >= 0.3 is 0 Å². The van der Waals surface area contributed by atoms with Crippen LogP contribution in [0.5, 0.6) is 0 Å². The van der Waals surface area contributed by atoms with E-state index in [4.69, 9.17) is 2.74 Å². The fourth-order valence-electron chi connectivity index (χ4n) is 0.344. The van der Waals surface area contributed by atoms with Crippen LogP contribution < -0.4 is 5.32 Å². The second-order valence-corrected chi connectivity index (χ2v) is 1.08. The van der Waals surface area contributed by atoms with Crippen LogP contribution in [0.15, 0.2) is 12.4 Å². The highest BCUT2D eigenvalue weighted by Gasteiger charge is 1.80. The molecule has 0 saturated carbocycles. The van der Waals surface area contributed by atoms with Crippen molar-refractivity contribution in [2.24, 2.45) is 0 Å². The summed E-state index contributed by atoms with van der Waals surface area (Å²) >= 11 is 0. The molecule has 0 aliphatic heterocycles. The lowest BCUT2D eigenvalue weighted by Crippen LogP contribution is -1.87. The van der Waals surface area contributed by atoms with E-state index >= 15 is 0 Å². The van der Waals surface area contributed by atoms with Crippen LogP contribution in [0.4, 0.5) is 5.95 Å². The molecule has 0 saturated heterocycles. The van der Waals surface area contributed by atoms with Crippen LogP contribution in [0.2, 0.25) is 0 Å². The molecule has 0 bridgehead atoms. The Morgan fingerprint density at radius 2 is 3.14 bits per heavy atom. The topological polar surface area (TPSA) is 40.7 Å². The lowest BCUT2D eigenvalue weighted by Gasteiger charge is -1.85. The normalized spacial score (nSPS) is 13.3. The summed E-state index contributed by atoms with van der Waals surface area (Å²) in [6.45, 7) is -1.06. The molecule has 0 aliphatic carbocycles. The van der Waals surface area contributed by atoms with Gasteiger partial charge in [-0.2, -0.15) is 0 Å². The number of nitrogens with zero attached hydrogens (tertiary/aromatic N) is 1. The zero-order valence-corrected chi connectivity index (χ0v) is 3.68. The third kappa shape index (κ3) is 0.707. The molecule has 0 fully saturated rings. The number of anilines is 1. The number of rotatable bonds is 1. The van der Waals surface area contributed by atoms with Gasteiger partial charge < -0.3 is 10.3 Å². The van der Waals surface area contributed by atoms with E-state index in [-0.39, 0.29) is 0 Å². The van der Waals surface area contributed by atoms with Gasteiger partial charge in [0, 0.05) is 22.1 Å². The van der Waals surface area contributed by atoms with Crippen LogP contribution >= 0.6 is 0 Å². The molecular formula is C4H7N3. The average Bonchev–Trinajstić information content (AvgIpc) is 2.15. The third-order valence-electron chi connectivity index (χ3n) is 0.635. The SMILES string of the molecule is [2H][13CH]([2H])[15NH][13c]1[15n]cc[15nH]1. The van der Waals surface area contributed by atoms with Crippen molar-refractivity contribution in [3.8, 4) is 0 Å². The number of hydrogen-bond acceptors (Lipinski definition) is 2. The molecule has 0 amide bonds. The Balaban J connectivity index is 2.48. The maximum atomic E-state index is 6.75. The molecule has 0 aliphatic rings. The van der Waals surface area contributed by atoms with E-state index < -0.39 is 7.00 Å². The van der Waals surface area contributed by atoms with Crippen LogP contribution in [-0.4, -0.2) is 17.0 Å². The minimum atomic E-state index is -1.06. The van der Waals surface area contributed by atoms with Gasteiger partial charge in [-0.05, 0) is 0 Å². The summed E-state index contributed by atoms with van der Waals surface area (Å²) in [7, 11) is 0. The number of H-pyrrole nitrogens is 1. The first-order valence-electron chi connectivity index (χ1n) is 3.05. The first-order valence-corrected chi connectivity index (χ1v) is 1.89. The zero-order valence-electron chi connectivity index (χ0n) is 5.68. The summed E-state index contributed by atoms with van der Waals surface area (Å²) in [5.41, 5.74) is 0. The first-order chi connectivity index (χ1) is 4.29. The largest absolute Gasteiger partial charge is 0.359 e. The lowest BCUT2D eigenvalue weighted by atomic mass is 11.0. The molecular weight excluding hydrogens is 95.0 g/mol. The number of aromatic nitrogens is 2. The van der Waals surface area contributed by atoms with E-state index in [1.54, 1.807) is 12.4 Å². The van der Waals surface area contributed by atoms with Gasteiger partial charge in [0.25, 0.3) is 0 Å². The van der Waals surface area contributed by atoms with Crippen molar-refractivity contribution < 1.29 is 2.74 Å². The van der Waals surface area contributed by atoms with Gasteiger partial charge in [0.1, 0.15) is 0 Å². The highest BCUT2D eigenvalue weighted by atomic mass is 16.0. The first kappa shape index (κ1) is 2.35. The smallest absolute Gasteiger partial charge is 0.199 e. The van der Waals surface area contributed by atoms with Crippen LogP contribution in [-0.2, 0) is 0 Å². The quantitative estimate of drug-likeness (QED) is 0.401. The van der Waals surface area contributed by atoms with Gasteiger partial charge in [0.05, 0.1) is 0 Å². The van der Waals surface area contributed by atoms with Gasteiger partial charge in [-0.15, -0.1) is 0 Å². The molecule has 0 radical (unpaired) electrons. The van der Waals surface area contributed by atoms with E-state index in [0.717, 1.165) is 0 Å². The van der Waals surface area contributed by atoms with Crippen molar-refractivity contribution in [2.75, 3.05) is 12.3 Å². The number of hydrogen-bond donors (Lipinski definition) is 2. The van der Waals surface area contributed by atoms with E-state index in [0.29, 0.717) is 5.95 Å². The number of aromatic amines is 1. The number of imidazole rings is 1. The Kier molecular flexibility index (Phi) is 0.551. The van der Waals surface area contributed by atoms with Crippen molar-refractivity contribution in [3.05, 3.63) is 12.4 Å². The summed E-state index contributed by atoms with van der Waals surface area (Å²) in [6.07, 6.45) is 3.19. The van der Waals surface area contributed by atoms with Crippen LogP contribution in [0.1, 0.15) is 2.74 Å². The summed E-state index contributed by atoms with van der Waals surface area (Å²) in [6, 6.07) is 0. The molecule has 0 aromatic carbocycles. The fourth-order valence-corrected chi connectivity index (χ4v) is 0.344. The minimum Gasteiger partial charge on any atom is -0.359 e. The van der Waals surface area contributed by atoms with Crippen molar-refractivity contribution in [1.82, 2.24) is 9.97 Å². The Bertz CT molecular complexity index is 160. The molecule has 1 aromatic rings. The Hall–Kier alpha value is -0.990. The van der Waals surface area contributed by atoms with E-state index in [1.165, 1.54) is 0 Å². The Morgan fingerprint density at radius 1 is 2.14 bits per heavy atom. The van der Waals surface area contributed by atoms with Gasteiger partial charge in [-0.3, -0.25) is 0 Å². The highest BCUT2D eigenvalue weighted by Crippen LogP contribution is 1.89. The molecule has 0 unspecified atom stereocenters. The van der Waals surface area contributed by atoms with E-state index in [9.17, 15) is 0 Å². The summed E-state index contributed by atoms with van der Waals surface area (Å²) in [5, 5.41) is 2.45.